The van der Waals surface area contributed by atoms with E-state index in [4.69, 9.17) is 11.6 Å². The number of thiophene rings is 1. The highest BCUT2D eigenvalue weighted by Gasteiger charge is 2.48. The highest BCUT2D eigenvalue weighted by atomic mass is 35.5. The molecule has 1 amide bonds. The van der Waals surface area contributed by atoms with E-state index in [1.54, 1.807) is 12.1 Å². The van der Waals surface area contributed by atoms with Gasteiger partial charge in [-0.3, -0.25) is 4.79 Å². The highest BCUT2D eigenvalue weighted by Crippen LogP contribution is 2.46. The van der Waals surface area contributed by atoms with E-state index in [0.29, 0.717) is 16.1 Å². The number of anilines is 2. The molecule has 0 saturated heterocycles. The molecule has 0 saturated carbocycles. The number of carbonyl (C=O) groups is 1. The second kappa shape index (κ2) is 8.88. The Labute approximate surface area is 208 Å². The zero-order valence-electron chi connectivity index (χ0n) is 18.7. The third-order valence-corrected chi connectivity index (χ3v) is 8.07. The van der Waals surface area contributed by atoms with Crippen LogP contribution in [0.15, 0.2) is 24.3 Å². The number of fused-ring (bicyclic) bond motifs is 2. The van der Waals surface area contributed by atoms with Crippen molar-refractivity contribution < 1.29 is 18.0 Å². The van der Waals surface area contributed by atoms with Crippen LogP contribution in [0.25, 0.3) is 0 Å². The van der Waals surface area contributed by atoms with Crippen molar-refractivity contribution in [1.29, 1.82) is 5.26 Å². The predicted molar refractivity (Wildman–Crippen MR) is 128 cm³/mol. The van der Waals surface area contributed by atoms with Crippen LogP contribution in [-0.2, 0) is 12.8 Å². The standard InChI is InChI=1S/C24H21ClF3N5OS/c1-12-6-8-13(9-7-12)16-10-18(24(26,27)28)33-21(30-16)19(25)20(32-33)22(34)31-23-15(11-29)14-4-2-3-5-17(14)35-23/h6-9,16,18,30H,2-5,10H2,1H3,(H,31,34)/t16-,18-/m0/s1. The Hall–Kier alpha value is -3.03. The predicted octanol–water partition coefficient (Wildman–Crippen LogP) is 6.57. The summed E-state index contributed by atoms with van der Waals surface area (Å²) in [6, 6.07) is 6.76. The van der Waals surface area contributed by atoms with Gasteiger partial charge in [-0.15, -0.1) is 11.3 Å². The normalized spacial score (nSPS) is 19.3. The summed E-state index contributed by atoms with van der Waals surface area (Å²) in [6.45, 7) is 1.90. The summed E-state index contributed by atoms with van der Waals surface area (Å²) in [5.41, 5.74) is 2.70. The van der Waals surface area contributed by atoms with Crippen LogP contribution in [0.4, 0.5) is 24.0 Å². The molecule has 0 bridgehead atoms. The fourth-order valence-electron chi connectivity index (χ4n) is 4.69. The number of halogens is 4. The molecule has 1 aliphatic heterocycles. The van der Waals surface area contributed by atoms with Crippen molar-refractivity contribution in [2.24, 2.45) is 0 Å². The van der Waals surface area contributed by atoms with Gasteiger partial charge in [0.1, 0.15) is 21.9 Å². The maximum Gasteiger partial charge on any atom is 0.410 e. The van der Waals surface area contributed by atoms with Crippen molar-refractivity contribution >= 4 is 39.7 Å². The number of alkyl halides is 3. The first-order valence-electron chi connectivity index (χ1n) is 11.2. The molecule has 0 fully saturated rings. The fraction of sp³-hybridized carbons (Fsp3) is 0.375. The molecule has 1 aliphatic carbocycles. The van der Waals surface area contributed by atoms with Gasteiger partial charge in [-0.1, -0.05) is 41.4 Å². The monoisotopic (exact) mass is 519 g/mol. The first-order valence-corrected chi connectivity index (χ1v) is 12.4. The van der Waals surface area contributed by atoms with Gasteiger partial charge >= 0.3 is 6.18 Å². The molecule has 3 aromatic rings. The number of carbonyl (C=O) groups excluding carboxylic acids is 1. The molecule has 5 rings (SSSR count). The van der Waals surface area contributed by atoms with Crippen LogP contribution in [0.5, 0.6) is 0 Å². The maximum absolute atomic E-state index is 14.0. The maximum atomic E-state index is 14.0. The molecule has 1 aromatic carbocycles. The number of amides is 1. The molecule has 0 unspecified atom stereocenters. The van der Waals surface area contributed by atoms with Crippen molar-refractivity contribution in [1.82, 2.24) is 9.78 Å². The first kappa shape index (κ1) is 23.7. The Bertz CT molecular complexity index is 1340. The minimum Gasteiger partial charge on any atom is -0.362 e. The van der Waals surface area contributed by atoms with Crippen LogP contribution in [0, 0.1) is 18.3 Å². The van der Waals surface area contributed by atoms with E-state index in [9.17, 15) is 23.2 Å². The Kier molecular flexibility index (Phi) is 6.01. The smallest absolute Gasteiger partial charge is 0.362 e. The molecule has 0 spiro atoms. The summed E-state index contributed by atoms with van der Waals surface area (Å²) in [6.07, 6.45) is -1.31. The third-order valence-electron chi connectivity index (χ3n) is 6.50. The summed E-state index contributed by atoms with van der Waals surface area (Å²) in [5.74, 6) is -0.802. The van der Waals surface area contributed by atoms with Gasteiger partial charge in [0, 0.05) is 11.3 Å². The summed E-state index contributed by atoms with van der Waals surface area (Å²) in [5, 5.41) is 19.5. The van der Waals surface area contributed by atoms with E-state index < -0.39 is 24.2 Å². The Morgan fingerprint density at radius 2 is 2.00 bits per heavy atom. The van der Waals surface area contributed by atoms with E-state index in [0.717, 1.165) is 46.4 Å². The number of nitriles is 1. The van der Waals surface area contributed by atoms with Crippen LogP contribution >= 0.6 is 22.9 Å². The van der Waals surface area contributed by atoms with Gasteiger partial charge in [0.05, 0.1) is 11.6 Å². The molecule has 182 valence electrons. The number of benzene rings is 1. The zero-order valence-corrected chi connectivity index (χ0v) is 20.2. The van der Waals surface area contributed by atoms with Crippen LogP contribution in [0.3, 0.4) is 0 Å². The Morgan fingerprint density at radius 1 is 1.29 bits per heavy atom. The molecule has 6 nitrogen and oxygen atoms in total. The van der Waals surface area contributed by atoms with E-state index in [2.05, 4.69) is 21.8 Å². The molecule has 3 heterocycles. The van der Waals surface area contributed by atoms with Gasteiger partial charge in [-0.2, -0.15) is 23.5 Å². The van der Waals surface area contributed by atoms with Crippen molar-refractivity contribution in [2.75, 3.05) is 10.6 Å². The lowest BCUT2D eigenvalue weighted by Crippen LogP contribution is -2.35. The van der Waals surface area contributed by atoms with E-state index >= 15 is 0 Å². The lowest BCUT2D eigenvalue weighted by Gasteiger charge is -2.33. The van der Waals surface area contributed by atoms with E-state index in [-0.39, 0.29) is 23.0 Å². The van der Waals surface area contributed by atoms with Gasteiger partial charge in [0.2, 0.25) is 0 Å². The molecule has 2 N–H and O–H groups in total. The largest absolute Gasteiger partial charge is 0.410 e. The van der Waals surface area contributed by atoms with Gasteiger partial charge < -0.3 is 10.6 Å². The molecule has 2 atom stereocenters. The average molecular weight is 520 g/mol. The van der Waals surface area contributed by atoms with Crippen molar-refractivity contribution in [3.8, 4) is 6.07 Å². The van der Waals surface area contributed by atoms with Crippen LogP contribution in [0.2, 0.25) is 5.02 Å². The van der Waals surface area contributed by atoms with Gasteiger partial charge in [0.25, 0.3) is 5.91 Å². The number of hydrogen-bond acceptors (Lipinski definition) is 5. The van der Waals surface area contributed by atoms with Crippen LogP contribution < -0.4 is 10.6 Å². The van der Waals surface area contributed by atoms with Crippen molar-refractivity contribution in [3.05, 3.63) is 62.1 Å². The number of rotatable bonds is 3. The molecule has 35 heavy (non-hydrogen) atoms. The van der Waals surface area contributed by atoms with Crippen LogP contribution in [-0.4, -0.2) is 21.9 Å². The lowest BCUT2D eigenvalue weighted by molar-refractivity contribution is -0.173. The second-order valence-corrected chi connectivity index (χ2v) is 10.3. The Morgan fingerprint density at radius 3 is 2.69 bits per heavy atom. The van der Waals surface area contributed by atoms with Gasteiger partial charge in [0.15, 0.2) is 11.7 Å². The topological polar surface area (TPSA) is 82.7 Å². The summed E-state index contributed by atoms with van der Waals surface area (Å²) >= 11 is 7.76. The van der Waals surface area contributed by atoms with Gasteiger partial charge in [-0.05, 0) is 43.7 Å². The van der Waals surface area contributed by atoms with Gasteiger partial charge in [-0.25, -0.2) is 4.68 Å². The summed E-state index contributed by atoms with van der Waals surface area (Å²) in [4.78, 5) is 14.1. The average Bonchev–Trinajstić information content (AvgIpc) is 3.35. The summed E-state index contributed by atoms with van der Waals surface area (Å²) in [7, 11) is 0. The molecule has 2 aromatic heterocycles. The number of hydrogen-bond donors (Lipinski definition) is 2. The molecule has 2 aliphatic rings. The number of aromatic nitrogens is 2. The minimum atomic E-state index is -4.59. The van der Waals surface area contributed by atoms with Crippen molar-refractivity contribution in [2.45, 2.75) is 57.3 Å². The number of nitrogens with zero attached hydrogens (tertiary/aromatic N) is 3. The molecule has 0 radical (unpaired) electrons. The fourth-order valence-corrected chi connectivity index (χ4v) is 6.19. The quantitative estimate of drug-likeness (QED) is 0.410. The first-order chi connectivity index (χ1) is 16.7. The van der Waals surface area contributed by atoms with Crippen LogP contribution in [0.1, 0.15) is 69.0 Å². The minimum absolute atomic E-state index is 0.0538. The Balaban J connectivity index is 1.49. The highest BCUT2D eigenvalue weighted by molar-refractivity contribution is 7.16. The zero-order chi connectivity index (χ0) is 24.9. The van der Waals surface area contributed by atoms with Crippen molar-refractivity contribution in [3.63, 3.8) is 0 Å². The van der Waals surface area contributed by atoms with E-state index in [1.165, 1.54) is 11.3 Å². The third kappa shape index (κ3) is 4.28. The summed E-state index contributed by atoms with van der Waals surface area (Å²) < 4.78 is 42.8. The lowest BCUT2D eigenvalue weighted by atomic mass is 9.96. The molecule has 11 heteroatoms. The molecular weight excluding hydrogens is 499 g/mol. The second-order valence-electron chi connectivity index (χ2n) is 8.84. The van der Waals surface area contributed by atoms with E-state index in [1.807, 2.05) is 19.1 Å². The number of aryl methyl sites for hydroxylation is 2. The number of nitrogens with one attached hydrogen (secondary N) is 2. The molecular formula is C24H21ClF3N5OS. The SMILES string of the molecule is Cc1ccc([C@@H]2C[C@@H](C(F)(F)F)n3nc(C(=O)Nc4sc5c(c4C#N)CCCC5)c(Cl)c3N2)cc1.